The Balaban J connectivity index is 1.32. The van der Waals surface area contributed by atoms with Crippen LogP contribution in [0.5, 0.6) is 0 Å². The van der Waals surface area contributed by atoms with Crippen LogP contribution in [0.4, 0.5) is 5.69 Å². The predicted octanol–water partition coefficient (Wildman–Crippen LogP) is 5.06. The van der Waals surface area contributed by atoms with E-state index >= 15 is 0 Å². The van der Waals surface area contributed by atoms with Gasteiger partial charge in [-0.3, -0.25) is 9.69 Å². The van der Waals surface area contributed by atoms with Crippen LogP contribution in [0.15, 0.2) is 91.1 Å². The average Bonchev–Trinajstić information content (AvgIpc) is 3.29. The molecule has 1 saturated heterocycles. The summed E-state index contributed by atoms with van der Waals surface area (Å²) in [6.07, 6.45) is 2.17. The van der Waals surface area contributed by atoms with Crippen LogP contribution < -0.4 is 4.90 Å². The summed E-state index contributed by atoms with van der Waals surface area (Å²) in [4.78, 5) is 16.4. The summed E-state index contributed by atoms with van der Waals surface area (Å²) in [5.74, 6) is 0.108. The lowest BCUT2D eigenvalue weighted by molar-refractivity contribution is 0.101. The minimum Gasteiger partial charge on any atom is -0.369 e. The van der Waals surface area contributed by atoms with Gasteiger partial charge in [0.1, 0.15) is 0 Å². The highest BCUT2D eigenvalue weighted by Gasteiger charge is 2.20. The molecule has 1 aromatic heterocycles. The van der Waals surface area contributed by atoms with E-state index in [1.807, 2.05) is 41.1 Å². The van der Waals surface area contributed by atoms with E-state index in [1.54, 1.807) is 6.92 Å². The number of piperazine rings is 1. The van der Waals surface area contributed by atoms with Gasteiger partial charge in [0, 0.05) is 61.3 Å². The standard InChI is InChI=1S/C28H28N4O/c1-22(33)23-12-14-26(15-13-23)31-18-16-30(17-19-31)20-25-21-32(27-10-6-3-7-11-27)29-28(25)24-8-4-2-5-9-24/h2-15,21H,16-20H2,1H3. The molecule has 5 rings (SSSR count). The van der Waals surface area contributed by atoms with Gasteiger partial charge < -0.3 is 4.90 Å². The SMILES string of the molecule is CC(=O)c1ccc(N2CCN(Cc3cn(-c4ccccc4)nc3-c3ccccc3)CC2)cc1. The van der Waals surface area contributed by atoms with Crippen LogP contribution >= 0.6 is 0 Å². The van der Waals surface area contributed by atoms with Crippen molar-refractivity contribution in [2.45, 2.75) is 13.5 Å². The second-order valence-electron chi connectivity index (χ2n) is 8.52. The number of para-hydroxylation sites is 1. The highest BCUT2D eigenvalue weighted by atomic mass is 16.1. The van der Waals surface area contributed by atoms with Crippen molar-refractivity contribution < 1.29 is 4.79 Å². The lowest BCUT2D eigenvalue weighted by Gasteiger charge is -2.36. The van der Waals surface area contributed by atoms with Crippen molar-refractivity contribution in [2.75, 3.05) is 31.1 Å². The van der Waals surface area contributed by atoms with E-state index in [4.69, 9.17) is 5.10 Å². The molecule has 0 N–H and O–H groups in total. The molecular weight excluding hydrogens is 408 g/mol. The zero-order valence-electron chi connectivity index (χ0n) is 18.9. The fourth-order valence-corrected chi connectivity index (χ4v) is 4.39. The molecule has 1 aliphatic heterocycles. The number of anilines is 1. The van der Waals surface area contributed by atoms with Gasteiger partial charge in [-0.2, -0.15) is 5.10 Å². The summed E-state index contributed by atoms with van der Waals surface area (Å²) in [6.45, 7) is 6.38. The van der Waals surface area contributed by atoms with E-state index < -0.39 is 0 Å². The molecule has 0 unspecified atom stereocenters. The van der Waals surface area contributed by atoms with Gasteiger partial charge in [0.05, 0.1) is 11.4 Å². The molecule has 33 heavy (non-hydrogen) atoms. The van der Waals surface area contributed by atoms with Crippen molar-refractivity contribution in [3.8, 4) is 16.9 Å². The Bertz CT molecular complexity index is 1210. The van der Waals surface area contributed by atoms with Crippen LogP contribution in [0, 0.1) is 0 Å². The maximum Gasteiger partial charge on any atom is 0.159 e. The molecule has 1 aliphatic rings. The van der Waals surface area contributed by atoms with Gasteiger partial charge in [-0.25, -0.2) is 4.68 Å². The van der Waals surface area contributed by atoms with Crippen LogP contribution in [0.1, 0.15) is 22.8 Å². The summed E-state index contributed by atoms with van der Waals surface area (Å²) in [7, 11) is 0. The summed E-state index contributed by atoms with van der Waals surface area (Å²) in [6, 6.07) is 28.7. The number of carbonyl (C=O) groups is 1. The molecule has 0 atom stereocenters. The van der Waals surface area contributed by atoms with Gasteiger partial charge in [0.15, 0.2) is 5.78 Å². The molecule has 0 amide bonds. The van der Waals surface area contributed by atoms with Crippen molar-refractivity contribution in [3.63, 3.8) is 0 Å². The molecule has 2 heterocycles. The first-order chi connectivity index (χ1) is 16.2. The monoisotopic (exact) mass is 436 g/mol. The van der Waals surface area contributed by atoms with E-state index in [2.05, 4.69) is 64.5 Å². The highest BCUT2D eigenvalue weighted by Crippen LogP contribution is 2.26. The minimum absolute atomic E-state index is 0.108. The average molecular weight is 437 g/mol. The fraction of sp³-hybridized carbons (Fsp3) is 0.214. The first-order valence-corrected chi connectivity index (χ1v) is 11.4. The first-order valence-electron chi connectivity index (χ1n) is 11.4. The summed E-state index contributed by atoms with van der Waals surface area (Å²) < 4.78 is 1.99. The largest absolute Gasteiger partial charge is 0.369 e. The molecule has 0 radical (unpaired) electrons. The molecule has 5 heteroatoms. The molecular formula is C28H28N4O. The van der Waals surface area contributed by atoms with Gasteiger partial charge >= 0.3 is 0 Å². The Morgan fingerprint density at radius 1 is 0.788 bits per heavy atom. The van der Waals surface area contributed by atoms with E-state index in [0.717, 1.165) is 55.2 Å². The molecule has 5 nitrogen and oxygen atoms in total. The summed E-state index contributed by atoms with van der Waals surface area (Å²) in [5.41, 5.74) is 6.44. The number of hydrogen-bond donors (Lipinski definition) is 0. The van der Waals surface area contributed by atoms with Crippen LogP contribution in [0.25, 0.3) is 16.9 Å². The van der Waals surface area contributed by atoms with Gasteiger partial charge in [-0.05, 0) is 43.3 Å². The number of hydrogen-bond acceptors (Lipinski definition) is 4. The lowest BCUT2D eigenvalue weighted by atomic mass is 10.1. The van der Waals surface area contributed by atoms with Crippen LogP contribution in [-0.4, -0.2) is 46.6 Å². The number of aromatic nitrogens is 2. The van der Waals surface area contributed by atoms with Gasteiger partial charge in [-0.1, -0.05) is 48.5 Å². The molecule has 0 saturated carbocycles. The highest BCUT2D eigenvalue weighted by molar-refractivity contribution is 5.94. The van der Waals surface area contributed by atoms with E-state index in [-0.39, 0.29) is 5.78 Å². The second-order valence-corrected chi connectivity index (χ2v) is 8.52. The maximum absolute atomic E-state index is 11.5. The molecule has 0 bridgehead atoms. The van der Waals surface area contributed by atoms with E-state index in [0.29, 0.717) is 0 Å². The molecule has 0 aliphatic carbocycles. The third-order valence-electron chi connectivity index (χ3n) is 6.26. The normalized spacial score (nSPS) is 14.4. The molecule has 1 fully saturated rings. The molecule has 3 aromatic carbocycles. The zero-order valence-corrected chi connectivity index (χ0v) is 18.9. The summed E-state index contributed by atoms with van der Waals surface area (Å²) in [5, 5.41) is 4.95. The Morgan fingerprint density at radius 2 is 1.42 bits per heavy atom. The number of carbonyl (C=O) groups excluding carboxylic acids is 1. The molecule has 166 valence electrons. The topological polar surface area (TPSA) is 41.4 Å². The van der Waals surface area contributed by atoms with E-state index in [1.165, 1.54) is 11.3 Å². The molecule has 4 aromatic rings. The smallest absolute Gasteiger partial charge is 0.159 e. The third-order valence-corrected chi connectivity index (χ3v) is 6.26. The van der Waals surface area contributed by atoms with Crippen molar-refractivity contribution in [1.82, 2.24) is 14.7 Å². The maximum atomic E-state index is 11.5. The van der Waals surface area contributed by atoms with E-state index in [9.17, 15) is 4.79 Å². The van der Waals surface area contributed by atoms with Crippen molar-refractivity contribution in [3.05, 3.63) is 102 Å². The Labute approximate surface area is 194 Å². The number of nitrogens with zero attached hydrogens (tertiary/aromatic N) is 4. The summed E-state index contributed by atoms with van der Waals surface area (Å²) >= 11 is 0. The van der Waals surface area contributed by atoms with Crippen molar-refractivity contribution >= 4 is 11.5 Å². The first kappa shape index (κ1) is 21.2. The van der Waals surface area contributed by atoms with Gasteiger partial charge in [-0.15, -0.1) is 0 Å². The number of rotatable bonds is 6. The van der Waals surface area contributed by atoms with Crippen LogP contribution in [0.2, 0.25) is 0 Å². The van der Waals surface area contributed by atoms with Gasteiger partial charge in [0.2, 0.25) is 0 Å². The molecule has 0 spiro atoms. The quantitative estimate of drug-likeness (QED) is 0.396. The Morgan fingerprint density at radius 3 is 2.06 bits per heavy atom. The van der Waals surface area contributed by atoms with Crippen LogP contribution in [0.3, 0.4) is 0 Å². The number of ketones is 1. The zero-order chi connectivity index (χ0) is 22.6. The lowest BCUT2D eigenvalue weighted by Crippen LogP contribution is -2.46. The van der Waals surface area contributed by atoms with Crippen molar-refractivity contribution in [1.29, 1.82) is 0 Å². The Kier molecular flexibility index (Phi) is 6.05. The van der Waals surface area contributed by atoms with Crippen LogP contribution in [-0.2, 0) is 6.54 Å². The van der Waals surface area contributed by atoms with Gasteiger partial charge in [0.25, 0.3) is 0 Å². The predicted molar refractivity (Wildman–Crippen MR) is 133 cm³/mol. The number of benzene rings is 3. The third kappa shape index (κ3) is 4.73. The minimum atomic E-state index is 0.108. The fourth-order valence-electron chi connectivity index (χ4n) is 4.39. The Hall–Kier alpha value is -3.70. The number of Topliss-reactive ketones (excluding diaryl/α,β-unsaturated/α-hetero) is 1. The second kappa shape index (κ2) is 9.43. The van der Waals surface area contributed by atoms with Crippen molar-refractivity contribution in [2.24, 2.45) is 0 Å².